The van der Waals surface area contributed by atoms with Gasteiger partial charge >= 0.3 is 0 Å². The molecular formula is C16H21ClN2O2. The molecule has 0 unspecified atom stereocenters. The number of rotatable bonds is 6. The molecule has 21 heavy (non-hydrogen) atoms. The minimum absolute atomic E-state index is 0.0339. The molecule has 0 heterocycles. The Balaban J connectivity index is 1.95. The van der Waals surface area contributed by atoms with Crippen LogP contribution in [0.2, 0.25) is 5.02 Å². The molecule has 0 spiro atoms. The van der Waals surface area contributed by atoms with E-state index in [0.29, 0.717) is 11.1 Å². The minimum Gasteiger partial charge on any atom is -0.352 e. The second kappa shape index (κ2) is 6.94. The first-order valence-electron chi connectivity index (χ1n) is 7.30. The molecule has 2 N–H and O–H groups in total. The number of halogens is 1. The number of nitrogens with one attached hydrogen (secondary N) is 2. The van der Waals surface area contributed by atoms with Crippen LogP contribution in [-0.4, -0.2) is 24.4 Å². The molecule has 1 aliphatic rings. The molecule has 5 heteroatoms. The zero-order chi connectivity index (χ0) is 15.4. The number of benzene rings is 1. The summed E-state index contributed by atoms with van der Waals surface area (Å²) in [5.74, 6) is -0.392. The molecule has 0 aromatic heterocycles. The Hall–Kier alpha value is -1.55. The van der Waals surface area contributed by atoms with E-state index in [1.54, 1.807) is 12.1 Å². The van der Waals surface area contributed by atoms with Gasteiger partial charge in [-0.3, -0.25) is 9.59 Å². The fourth-order valence-electron chi connectivity index (χ4n) is 2.29. The largest absolute Gasteiger partial charge is 0.352 e. The SMILES string of the molecule is CC(C)[C@H](C(=O)NCC(=O)NC1CC1)c1ccc(Cl)cc1. The summed E-state index contributed by atoms with van der Waals surface area (Å²) in [6, 6.07) is 7.58. The molecule has 1 saturated carbocycles. The summed E-state index contributed by atoms with van der Waals surface area (Å²) in [5.41, 5.74) is 0.912. The zero-order valence-electron chi connectivity index (χ0n) is 12.4. The first-order chi connectivity index (χ1) is 9.97. The number of hydrogen-bond acceptors (Lipinski definition) is 2. The van der Waals surface area contributed by atoms with Crippen LogP contribution in [0.25, 0.3) is 0 Å². The fourth-order valence-corrected chi connectivity index (χ4v) is 2.42. The third-order valence-electron chi connectivity index (χ3n) is 3.54. The Kier molecular flexibility index (Phi) is 5.23. The Bertz CT molecular complexity index is 510. The normalized spacial score (nSPS) is 15.6. The van der Waals surface area contributed by atoms with Gasteiger partial charge in [-0.2, -0.15) is 0 Å². The van der Waals surface area contributed by atoms with Gasteiger partial charge in [0.2, 0.25) is 11.8 Å². The molecule has 2 rings (SSSR count). The standard InChI is InChI=1S/C16H21ClN2O2/c1-10(2)15(11-3-5-12(17)6-4-11)16(21)18-9-14(20)19-13-7-8-13/h3-6,10,13,15H,7-9H2,1-2H3,(H,18,21)(H,19,20)/t15-/m0/s1. The first kappa shape index (κ1) is 15.8. The van der Waals surface area contributed by atoms with Crippen LogP contribution < -0.4 is 10.6 Å². The average molecular weight is 309 g/mol. The van der Waals surface area contributed by atoms with Crippen molar-refractivity contribution in [3.63, 3.8) is 0 Å². The van der Waals surface area contributed by atoms with Gasteiger partial charge in [0.1, 0.15) is 0 Å². The average Bonchev–Trinajstić information content (AvgIpc) is 3.22. The van der Waals surface area contributed by atoms with Crippen LogP contribution in [0.1, 0.15) is 38.2 Å². The summed E-state index contributed by atoms with van der Waals surface area (Å²) in [6.07, 6.45) is 2.08. The molecule has 114 valence electrons. The Morgan fingerprint density at radius 2 is 1.86 bits per heavy atom. The highest BCUT2D eigenvalue weighted by atomic mass is 35.5. The number of carbonyl (C=O) groups is 2. The second-order valence-corrected chi connectivity index (χ2v) is 6.27. The van der Waals surface area contributed by atoms with E-state index in [9.17, 15) is 9.59 Å². The van der Waals surface area contributed by atoms with Crippen LogP contribution in [0.5, 0.6) is 0 Å². The molecule has 1 aromatic carbocycles. The lowest BCUT2D eigenvalue weighted by molar-refractivity contribution is -0.127. The van der Waals surface area contributed by atoms with Gasteiger partial charge in [-0.1, -0.05) is 37.6 Å². The van der Waals surface area contributed by atoms with Gasteiger partial charge in [-0.15, -0.1) is 0 Å². The summed E-state index contributed by atoms with van der Waals surface area (Å²) >= 11 is 5.88. The minimum atomic E-state index is -0.281. The molecule has 0 saturated heterocycles. The first-order valence-corrected chi connectivity index (χ1v) is 7.67. The van der Waals surface area contributed by atoms with Crippen LogP contribution in [0, 0.1) is 5.92 Å². The van der Waals surface area contributed by atoms with E-state index >= 15 is 0 Å². The highest BCUT2D eigenvalue weighted by Crippen LogP contribution is 2.26. The van der Waals surface area contributed by atoms with Gasteiger partial charge in [0.15, 0.2) is 0 Å². The van der Waals surface area contributed by atoms with Gasteiger partial charge in [0, 0.05) is 11.1 Å². The van der Waals surface area contributed by atoms with Crippen molar-refractivity contribution in [1.29, 1.82) is 0 Å². The van der Waals surface area contributed by atoms with Crippen molar-refractivity contribution in [2.75, 3.05) is 6.54 Å². The molecule has 1 fully saturated rings. The molecule has 0 radical (unpaired) electrons. The van der Waals surface area contributed by atoms with Gasteiger partial charge in [0.05, 0.1) is 12.5 Å². The predicted molar refractivity (Wildman–Crippen MR) is 83.2 cm³/mol. The summed E-state index contributed by atoms with van der Waals surface area (Å²) in [6.45, 7) is 4.01. The van der Waals surface area contributed by atoms with Crippen LogP contribution in [0.3, 0.4) is 0 Å². The highest BCUT2D eigenvalue weighted by molar-refractivity contribution is 6.30. The number of amides is 2. The third kappa shape index (κ3) is 4.74. The van der Waals surface area contributed by atoms with Gasteiger partial charge in [-0.05, 0) is 36.5 Å². The van der Waals surface area contributed by atoms with Crippen molar-refractivity contribution in [3.8, 4) is 0 Å². The Labute approximate surface area is 130 Å². The fraction of sp³-hybridized carbons (Fsp3) is 0.500. The van der Waals surface area contributed by atoms with E-state index in [0.717, 1.165) is 18.4 Å². The molecule has 0 aliphatic heterocycles. The van der Waals surface area contributed by atoms with Crippen molar-refractivity contribution in [1.82, 2.24) is 10.6 Å². The molecule has 2 amide bonds. The molecule has 0 bridgehead atoms. The lowest BCUT2D eigenvalue weighted by atomic mass is 9.87. The van der Waals surface area contributed by atoms with Crippen LogP contribution in [-0.2, 0) is 9.59 Å². The summed E-state index contributed by atoms with van der Waals surface area (Å²) in [4.78, 5) is 24.0. The zero-order valence-corrected chi connectivity index (χ0v) is 13.1. The summed E-state index contributed by atoms with van der Waals surface area (Å²) in [5, 5.41) is 6.22. The van der Waals surface area contributed by atoms with Gasteiger partial charge in [0.25, 0.3) is 0 Å². The lowest BCUT2D eigenvalue weighted by Crippen LogP contribution is -2.40. The third-order valence-corrected chi connectivity index (χ3v) is 3.80. The summed E-state index contributed by atoms with van der Waals surface area (Å²) < 4.78 is 0. The van der Waals surface area contributed by atoms with Crippen LogP contribution in [0.4, 0.5) is 0 Å². The lowest BCUT2D eigenvalue weighted by Gasteiger charge is -2.20. The van der Waals surface area contributed by atoms with Crippen molar-refractivity contribution in [3.05, 3.63) is 34.9 Å². The quantitative estimate of drug-likeness (QED) is 0.848. The van der Waals surface area contributed by atoms with E-state index in [1.165, 1.54) is 0 Å². The van der Waals surface area contributed by atoms with Crippen molar-refractivity contribution < 1.29 is 9.59 Å². The van der Waals surface area contributed by atoms with E-state index < -0.39 is 0 Å². The van der Waals surface area contributed by atoms with Crippen molar-refractivity contribution >= 4 is 23.4 Å². The van der Waals surface area contributed by atoms with E-state index in [4.69, 9.17) is 11.6 Å². The van der Waals surface area contributed by atoms with Crippen LogP contribution >= 0.6 is 11.6 Å². The van der Waals surface area contributed by atoms with Gasteiger partial charge < -0.3 is 10.6 Å². The maximum Gasteiger partial charge on any atom is 0.239 e. The van der Waals surface area contributed by atoms with E-state index in [1.807, 2.05) is 26.0 Å². The molecule has 1 atom stereocenters. The number of hydrogen-bond donors (Lipinski definition) is 2. The molecule has 1 aromatic rings. The predicted octanol–water partition coefficient (Wildman–Crippen LogP) is 2.47. The molecule has 1 aliphatic carbocycles. The number of carbonyl (C=O) groups excluding carboxylic acids is 2. The topological polar surface area (TPSA) is 58.2 Å². The van der Waals surface area contributed by atoms with E-state index in [-0.39, 0.29) is 30.2 Å². The Morgan fingerprint density at radius 1 is 1.24 bits per heavy atom. The van der Waals surface area contributed by atoms with Gasteiger partial charge in [-0.25, -0.2) is 0 Å². The smallest absolute Gasteiger partial charge is 0.239 e. The highest BCUT2D eigenvalue weighted by Gasteiger charge is 2.26. The Morgan fingerprint density at radius 3 is 2.38 bits per heavy atom. The molecular weight excluding hydrogens is 288 g/mol. The maximum absolute atomic E-state index is 12.4. The van der Waals surface area contributed by atoms with Crippen molar-refractivity contribution in [2.24, 2.45) is 5.92 Å². The maximum atomic E-state index is 12.4. The second-order valence-electron chi connectivity index (χ2n) is 5.83. The van der Waals surface area contributed by atoms with E-state index in [2.05, 4.69) is 10.6 Å². The summed E-state index contributed by atoms with van der Waals surface area (Å²) in [7, 11) is 0. The van der Waals surface area contributed by atoms with Crippen LogP contribution in [0.15, 0.2) is 24.3 Å². The van der Waals surface area contributed by atoms with Crippen molar-refractivity contribution in [2.45, 2.75) is 38.6 Å². The molecule has 4 nitrogen and oxygen atoms in total. The monoisotopic (exact) mass is 308 g/mol.